The van der Waals surface area contributed by atoms with Gasteiger partial charge in [0.2, 0.25) is 0 Å². The van der Waals surface area contributed by atoms with E-state index in [2.05, 4.69) is 30.6 Å². The monoisotopic (exact) mass is 528 g/mol. The number of benzene rings is 1. The van der Waals surface area contributed by atoms with Gasteiger partial charge in [0.05, 0.1) is 13.0 Å². The summed E-state index contributed by atoms with van der Waals surface area (Å²) in [4.78, 5) is 25.6. The molecule has 1 atom stereocenters. The van der Waals surface area contributed by atoms with Gasteiger partial charge in [0.25, 0.3) is 0 Å². The number of carbonyl (C=O) groups excluding carboxylic acids is 1. The minimum atomic E-state index is -1.58. The average Bonchev–Trinajstić information content (AvgIpc) is 2.96. The Morgan fingerprint density at radius 3 is 2.18 bits per heavy atom. The van der Waals surface area contributed by atoms with Crippen LogP contribution in [0.25, 0.3) is 0 Å². The van der Waals surface area contributed by atoms with Crippen molar-refractivity contribution < 1.29 is 24.5 Å². The van der Waals surface area contributed by atoms with Crippen molar-refractivity contribution in [1.29, 1.82) is 0 Å². The number of hydrogen-bond donors (Lipinski definition) is 3. The molecule has 1 aromatic rings. The summed E-state index contributed by atoms with van der Waals surface area (Å²) >= 11 is 0. The van der Waals surface area contributed by atoms with Crippen molar-refractivity contribution in [3.63, 3.8) is 0 Å². The summed E-state index contributed by atoms with van der Waals surface area (Å²) < 4.78 is 5.38. The maximum absolute atomic E-state index is 12.8. The summed E-state index contributed by atoms with van der Waals surface area (Å²) in [5.41, 5.74) is 4.58. The van der Waals surface area contributed by atoms with Crippen molar-refractivity contribution in [3.05, 3.63) is 35.9 Å². The molecule has 3 rings (SSSR count). The van der Waals surface area contributed by atoms with Crippen LogP contribution in [-0.2, 0) is 19.9 Å². The molecule has 212 valence electrons. The molecule has 0 radical (unpaired) electrons. The van der Waals surface area contributed by atoms with Gasteiger partial charge in [-0.05, 0) is 56.3 Å². The SMILES string of the molecule is CCN(CC)CC#CCOC(=O)C(O)(c1ccccc1)C1CCCCC1.NCC1(CC(=O)O)CCCCC1. The van der Waals surface area contributed by atoms with Crippen molar-refractivity contribution in [2.45, 2.75) is 90.1 Å². The van der Waals surface area contributed by atoms with Gasteiger partial charge in [0.1, 0.15) is 0 Å². The van der Waals surface area contributed by atoms with Crippen LogP contribution in [0.1, 0.15) is 90.0 Å². The van der Waals surface area contributed by atoms with Crippen LogP contribution < -0.4 is 5.73 Å². The minimum Gasteiger partial charge on any atom is -0.481 e. The van der Waals surface area contributed by atoms with Crippen LogP contribution in [0.3, 0.4) is 0 Å². The Labute approximate surface area is 229 Å². The lowest BCUT2D eigenvalue weighted by atomic mass is 9.72. The number of carboxylic acid groups (broad SMARTS) is 1. The van der Waals surface area contributed by atoms with E-state index in [-0.39, 0.29) is 24.4 Å². The Morgan fingerprint density at radius 2 is 1.63 bits per heavy atom. The first-order valence-electron chi connectivity index (χ1n) is 14.4. The Balaban J connectivity index is 0.000000352. The quantitative estimate of drug-likeness (QED) is 0.298. The van der Waals surface area contributed by atoms with Gasteiger partial charge in [0.15, 0.2) is 12.2 Å². The van der Waals surface area contributed by atoms with Gasteiger partial charge in [-0.1, -0.05) is 94.5 Å². The van der Waals surface area contributed by atoms with E-state index in [1.54, 1.807) is 0 Å². The fourth-order valence-corrected chi connectivity index (χ4v) is 5.69. The second-order valence-corrected chi connectivity index (χ2v) is 10.7. The molecule has 7 nitrogen and oxygen atoms in total. The zero-order valence-corrected chi connectivity index (χ0v) is 23.4. The van der Waals surface area contributed by atoms with Gasteiger partial charge in [-0.15, -0.1) is 0 Å². The topological polar surface area (TPSA) is 113 Å². The lowest BCUT2D eigenvalue weighted by molar-refractivity contribution is -0.174. The predicted molar refractivity (Wildman–Crippen MR) is 150 cm³/mol. The molecule has 0 aromatic heterocycles. The smallest absolute Gasteiger partial charge is 0.344 e. The predicted octanol–water partition coefficient (Wildman–Crippen LogP) is 4.71. The standard InChI is InChI=1S/C22H31NO3.C9H17NO2/c1-3-23(4-2)17-11-12-18-26-21(24)22(25,19-13-7-5-8-14-19)20-15-9-6-10-16-20;10-7-9(6-8(11)12)4-2-1-3-5-9/h5,7-8,13-14,20,25H,3-4,6,9-10,15-18H2,1-2H3;1-7,10H2,(H,11,12). The van der Waals surface area contributed by atoms with Crippen LogP contribution in [0.15, 0.2) is 30.3 Å². The Bertz CT molecular complexity index is 894. The van der Waals surface area contributed by atoms with E-state index in [0.717, 1.165) is 70.9 Å². The van der Waals surface area contributed by atoms with Crippen molar-refractivity contribution in [2.75, 3.05) is 32.8 Å². The summed E-state index contributed by atoms with van der Waals surface area (Å²) in [7, 11) is 0. The number of nitrogens with zero attached hydrogens (tertiary/aromatic N) is 1. The molecule has 2 aliphatic rings. The maximum Gasteiger partial charge on any atom is 0.344 e. The third-order valence-corrected chi connectivity index (χ3v) is 8.19. The number of esters is 1. The Morgan fingerprint density at radius 1 is 1.03 bits per heavy atom. The maximum atomic E-state index is 12.8. The van der Waals surface area contributed by atoms with E-state index in [1.807, 2.05) is 30.3 Å². The fraction of sp³-hybridized carbons (Fsp3) is 0.677. The molecule has 2 saturated carbocycles. The summed E-state index contributed by atoms with van der Waals surface area (Å²) in [5, 5.41) is 20.1. The molecule has 0 aliphatic heterocycles. The second-order valence-electron chi connectivity index (χ2n) is 10.7. The third kappa shape index (κ3) is 9.41. The molecular formula is C31H48N2O5. The molecular weight excluding hydrogens is 480 g/mol. The second kappa shape index (κ2) is 16.5. The molecule has 1 unspecified atom stereocenters. The number of rotatable bonds is 10. The number of hydrogen-bond acceptors (Lipinski definition) is 6. The van der Waals surface area contributed by atoms with Crippen LogP contribution in [0, 0.1) is 23.2 Å². The zero-order chi connectivity index (χ0) is 27.9. The zero-order valence-electron chi connectivity index (χ0n) is 23.4. The highest BCUT2D eigenvalue weighted by molar-refractivity contribution is 5.81. The summed E-state index contributed by atoms with van der Waals surface area (Å²) in [5.74, 6) is 4.54. The molecule has 0 heterocycles. The van der Waals surface area contributed by atoms with Gasteiger partial charge >= 0.3 is 11.9 Å². The summed E-state index contributed by atoms with van der Waals surface area (Å²) in [6.07, 6.45) is 10.7. The first kappa shape index (κ1) is 31.8. The van der Waals surface area contributed by atoms with Gasteiger partial charge in [-0.3, -0.25) is 9.69 Å². The normalized spacial score (nSPS) is 18.8. The van der Waals surface area contributed by atoms with E-state index in [0.29, 0.717) is 18.7 Å². The van der Waals surface area contributed by atoms with Crippen molar-refractivity contribution in [1.82, 2.24) is 4.90 Å². The molecule has 2 aliphatic carbocycles. The lowest BCUT2D eigenvalue weighted by Gasteiger charge is -2.36. The van der Waals surface area contributed by atoms with Crippen LogP contribution in [-0.4, -0.2) is 59.8 Å². The first-order valence-corrected chi connectivity index (χ1v) is 14.4. The summed E-state index contributed by atoms with van der Waals surface area (Å²) in [6, 6.07) is 9.19. The molecule has 0 bridgehead atoms. The van der Waals surface area contributed by atoms with Crippen molar-refractivity contribution >= 4 is 11.9 Å². The van der Waals surface area contributed by atoms with Crippen molar-refractivity contribution in [2.24, 2.45) is 17.1 Å². The number of carboxylic acids is 1. The van der Waals surface area contributed by atoms with Crippen LogP contribution >= 0.6 is 0 Å². The molecule has 0 spiro atoms. The Kier molecular flexibility index (Phi) is 13.8. The summed E-state index contributed by atoms with van der Waals surface area (Å²) in [6.45, 7) is 7.28. The highest BCUT2D eigenvalue weighted by Crippen LogP contribution is 2.40. The number of carbonyl (C=O) groups is 2. The molecule has 38 heavy (non-hydrogen) atoms. The van der Waals surface area contributed by atoms with Gasteiger partial charge in [0, 0.05) is 5.92 Å². The fourth-order valence-electron chi connectivity index (χ4n) is 5.69. The number of aliphatic hydroxyl groups is 1. The molecule has 2 fully saturated rings. The van der Waals surface area contributed by atoms with Crippen LogP contribution in [0.5, 0.6) is 0 Å². The largest absolute Gasteiger partial charge is 0.481 e. The van der Waals surface area contributed by atoms with E-state index in [4.69, 9.17) is 15.6 Å². The van der Waals surface area contributed by atoms with E-state index < -0.39 is 17.5 Å². The molecule has 0 amide bonds. The molecule has 0 saturated heterocycles. The molecule has 1 aromatic carbocycles. The van der Waals surface area contributed by atoms with Gasteiger partial charge in [-0.2, -0.15) is 0 Å². The minimum absolute atomic E-state index is 0.0158. The van der Waals surface area contributed by atoms with Crippen LogP contribution in [0.2, 0.25) is 0 Å². The molecule has 4 N–H and O–H groups in total. The number of nitrogens with two attached hydrogens (primary N) is 1. The lowest BCUT2D eigenvalue weighted by Crippen LogP contribution is -2.45. The molecule has 7 heteroatoms. The van der Waals surface area contributed by atoms with Gasteiger partial charge < -0.3 is 20.7 Å². The van der Waals surface area contributed by atoms with Crippen molar-refractivity contribution in [3.8, 4) is 11.8 Å². The number of ether oxygens (including phenoxy) is 1. The van der Waals surface area contributed by atoms with Crippen LogP contribution in [0.4, 0.5) is 0 Å². The number of aliphatic carboxylic acids is 1. The van der Waals surface area contributed by atoms with E-state index in [9.17, 15) is 14.7 Å². The first-order chi connectivity index (χ1) is 18.3. The third-order valence-electron chi connectivity index (χ3n) is 8.19. The Hall–Kier alpha value is -2.40. The van der Waals surface area contributed by atoms with E-state index >= 15 is 0 Å². The van der Waals surface area contributed by atoms with E-state index in [1.165, 1.54) is 6.42 Å². The highest BCUT2D eigenvalue weighted by atomic mass is 16.5. The highest BCUT2D eigenvalue weighted by Gasteiger charge is 2.47. The van der Waals surface area contributed by atoms with Gasteiger partial charge in [-0.25, -0.2) is 4.79 Å². The average molecular weight is 529 g/mol.